The lowest BCUT2D eigenvalue weighted by atomic mass is 9.89. The maximum atomic E-state index is 13.1. The van der Waals surface area contributed by atoms with E-state index in [1.807, 2.05) is 0 Å². The standard InChI is InChI=1S/C26H28F3N9O/c1-31-15-8-14-6-7-17(20(15)22(30)21-23(13-4-5-13)34-12-35-25(21)39-3)38(14)19-10-32-16(9-33-19)24-36-18(11-37(24)2)26(27,28)29/h9-14,17H,4-8,30H2,1-3H3/b22-20+,31-15?. The summed E-state index contributed by atoms with van der Waals surface area (Å²) >= 11 is 0. The molecule has 0 radical (unpaired) electrons. The Morgan fingerprint density at radius 3 is 2.51 bits per heavy atom. The number of rotatable bonds is 5. The molecule has 3 aromatic rings. The van der Waals surface area contributed by atoms with Crippen LogP contribution in [0.25, 0.3) is 17.2 Å². The van der Waals surface area contributed by atoms with Crippen molar-refractivity contribution in [2.75, 3.05) is 19.1 Å². The monoisotopic (exact) mass is 539 g/mol. The zero-order valence-electron chi connectivity index (χ0n) is 21.8. The van der Waals surface area contributed by atoms with Crippen LogP contribution in [-0.2, 0) is 13.2 Å². The highest BCUT2D eigenvalue weighted by atomic mass is 19.4. The van der Waals surface area contributed by atoms with Crippen molar-refractivity contribution in [3.05, 3.63) is 47.4 Å². The number of halogens is 3. The summed E-state index contributed by atoms with van der Waals surface area (Å²) in [4.78, 5) is 28.5. The molecule has 2 saturated heterocycles. The van der Waals surface area contributed by atoms with Gasteiger partial charge < -0.3 is 19.9 Å². The summed E-state index contributed by atoms with van der Waals surface area (Å²) in [6.45, 7) is 0. The van der Waals surface area contributed by atoms with Gasteiger partial charge in [0.25, 0.3) is 0 Å². The van der Waals surface area contributed by atoms with E-state index < -0.39 is 11.9 Å². The van der Waals surface area contributed by atoms with Crippen LogP contribution in [0, 0.1) is 0 Å². The van der Waals surface area contributed by atoms with Crippen molar-refractivity contribution in [1.82, 2.24) is 29.5 Å². The Morgan fingerprint density at radius 2 is 1.90 bits per heavy atom. The zero-order chi connectivity index (χ0) is 27.5. The fourth-order valence-corrected chi connectivity index (χ4v) is 5.79. The van der Waals surface area contributed by atoms with Crippen LogP contribution in [-0.4, -0.2) is 61.4 Å². The minimum atomic E-state index is -4.54. The molecule has 2 unspecified atom stereocenters. The van der Waals surface area contributed by atoms with Crippen LogP contribution in [0.2, 0.25) is 0 Å². The second-order valence-electron chi connectivity index (χ2n) is 10.1. The molecule has 3 fully saturated rings. The van der Waals surface area contributed by atoms with Crippen molar-refractivity contribution >= 4 is 17.2 Å². The second-order valence-corrected chi connectivity index (χ2v) is 10.1. The third-order valence-electron chi connectivity index (χ3n) is 7.70. The van der Waals surface area contributed by atoms with Crippen molar-refractivity contribution in [2.45, 2.75) is 56.3 Å². The number of aromatic nitrogens is 6. The summed E-state index contributed by atoms with van der Waals surface area (Å²) in [6, 6.07) is 0.0387. The van der Waals surface area contributed by atoms with Gasteiger partial charge in [-0.2, -0.15) is 13.2 Å². The Labute approximate surface area is 222 Å². The molecule has 5 heterocycles. The van der Waals surface area contributed by atoms with E-state index >= 15 is 0 Å². The normalized spacial score (nSPS) is 23.4. The topological polar surface area (TPSA) is 120 Å². The predicted molar refractivity (Wildman–Crippen MR) is 138 cm³/mol. The number of imidazole rings is 1. The first-order valence-corrected chi connectivity index (χ1v) is 12.8. The Bertz CT molecular complexity index is 1470. The second kappa shape index (κ2) is 9.31. The number of ether oxygens (including phenoxy) is 1. The van der Waals surface area contributed by atoms with E-state index in [2.05, 4.69) is 34.8 Å². The summed E-state index contributed by atoms with van der Waals surface area (Å²) in [6.07, 6.45) is 5.49. The average Bonchev–Trinajstić information content (AvgIpc) is 3.63. The van der Waals surface area contributed by atoms with Gasteiger partial charge in [-0.3, -0.25) is 4.99 Å². The highest BCUT2D eigenvalue weighted by molar-refractivity contribution is 6.09. The lowest BCUT2D eigenvalue weighted by molar-refractivity contribution is -0.140. The van der Waals surface area contributed by atoms with Crippen molar-refractivity contribution in [1.29, 1.82) is 0 Å². The summed E-state index contributed by atoms with van der Waals surface area (Å²) in [5.41, 5.74) is 10.2. The number of hydrogen-bond acceptors (Lipinski definition) is 9. The number of aliphatic imine (C=N–C) groups is 1. The van der Waals surface area contributed by atoms with Gasteiger partial charge in [0.15, 0.2) is 11.5 Å². The molecule has 6 rings (SSSR count). The molecule has 13 heteroatoms. The van der Waals surface area contributed by atoms with E-state index in [-0.39, 0.29) is 23.6 Å². The average molecular weight is 540 g/mol. The van der Waals surface area contributed by atoms with Crippen molar-refractivity contribution in [3.63, 3.8) is 0 Å². The van der Waals surface area contributed by atoms with Crippen LogP contribution in [0.4, 0.5) is 19.0 Å². The smallest absolute Gasteiger partial charge is 0.434 e. The lowest BCUT2D eigenvalue weighted by Gasteiger charge is -2.39. The molecule has 0 aromatic carbocycles. The number of methoxy groups -OCH3 is 1. The maximum absolute atomic E-state index is 13.1. The van der Waals surface area contributed by atoms with Gasteiger partial charge in [-0.25, -0.2) is 24.9 Å². The first-order valence-electron chi connectivity index (χ1n) is 12.8. The molecular weight excluding hydrogens is 511 g/mol. The van der Waals surface area contributed by atoms with Gasteiger partial charge in [0.1, 0.15) is 17.8 Å². The van der Waals surface area contributed by atoms with Gasteiger partial charge in [0, 0.05) is 50.0 Å². The van der Waals surface area contributed by atoms with Gasteiger partial charge in [0.05, 0.1) is 42.5 Å². The van der Waals surface area contributed by atoms with Crippen LogP contribution in [0.1, 0.15) is 55.0 Å². The molecule has 1 aliphatic carbocycles. The number of nitrogens with zero attached hydrogens (tertiary/aromatic N) is 8. The quantitative estimate of drug-likeness (QED) is 0.521. The van der Waals surface area contributed by atoms with Gasteiger partial charge in [-0.15, -0.1) is 0 Å². The molecule has 2 bridgehead atoms. The fourth-order valence-electron chi connectivity index (χ4n) is 5.79. The molecular formula is C26H28F3N9O. The van der Waals surface area contributed by atoms with Crippen LogP contribution in [0.3, 0.4) is 0 Å². The van der Waals surface area contributed by atoms with Gasteiger partial charge in [-0.1, -0.05) is 0 Å². The highest BCUT2D eigenvalue weighted by Gasteiger charge is 2.45. The SMILES string of the molecule is CN=C1CC2CCC(/C1=C(/N)c1c(OC)ncnc1C1CC1)N2c1cnc(-c2nc(C(F)(F)F)cn2C)cn1. The number of hydrogen-bond donors (Lipinski definition) is 1. The number of aryl methyl sites for hydroxylation is 1. The number of nitrogens with two attached hydrogens (primary N) is 1. The summed E-state index contributed by atoms with van der Waals surface area (Å²) < 4.78 is 46.3. The van der Waals surface area contributed by atoms with Gasteiger partial charge in [0.2, 0.25) is 5.88 Å². The molecule has 2 aliphatic heterocycles. The van der Waals surface area contributed by atoms with E-state index in [1.54, 1.807) is 20.4 Å². The largest absolute Gasteiger partial charge is 0.480 e. The molecule has 39 heavy (non-hydrogen) atoms. The number of piperidine rings is 1. The molecule has 3 aliphatic rings. The van der Waals surface area contributed by atoms with Crippen LogP contribution >= 0.6 is 0 Å². The highest BCUT2D eigenvalue weighted by Crippen LogP contribution is 2.46. The molecule has 0 spiro atoms. The minimum absolute atomic E-state index is 0.0944. The first-order chi connectivity index (χ1) is 18.7. The van der Waals surface area contributed by atoms with Crippen LogP contribution in [0.15, 0.2) is 35.5 Å². The van der Waals surface area contributed by atoms with E-state index in [9.17, 15) is 13.2 Å². The maximum Gasteiger partial charge on any atom is 0.434 e. The van der Waals surface area contributed by atoms with Crippen molar-refractivity contribution in [3.8, 4) is 17.4 Å². The Kier molecular flexibility index (Phi) is 6.03. The summed E-state index contributed by atoms with van der Waals surface area (Å²) in [5, 5.41) is 0. The van der Waals surface area contributed by atoms with E-state index in [0.29, 0.717) is 29.7 Å². The summed E-state index contributed by atoms with van der Waals surface area (Å²) in [7, 11) is 4.85. The van der Waals surface area contributed by atoms with E-state index in [0.717, 1.165) is 54.4 Å². The molecule has 2 N–H and O–H groups in total. The van der Waals surface area contributed by atoms with Crippen molar-refractivity contribution in [2.24, 2.45) is 17.8 Å². The lowest BCUT2D eigenvalue weighted by Crippen LogP contribution is -2.46. The zero-order valence-corrected chi connectivity index (χ0v) is 21.8. The van der Waals surface area contributed by atoms with Crippen molar-refractivity contribution < 1.29 is 17.9 Å². The third-order valence-corrected chi connectivity index (χ3v) is 7.70. The molecule has 3 aromatic heterocycles. The molecule has 1 saturated carbocycles. The first kappa shape index (κ1) is 25.3. The summed E-state index contributed by atoms with van der Waals surface area (Å²) in [5.74, 6) is 1.49. The Balaban J connectivity index is 1.39. The minimum Gasteiger partial charge on any atom is -0.480 e. The molecule has 2 atom stereocenters. The Hall–Kier alpha value is -4.03. The van der Waals surface area contributed by atoms with Gasteiger partial charge >= 0.3 is 6.18 Å². The fraction of sp³-hybridized carbons (Fsp3) is 0.462. The number of alkyl halides is 3. The van der Waals surface area contributed by atoms with E-state index in [4.69, 9.17) is 10.5 Å². The van der Waals surface area contributed by atoms with Gasteiger partial charge in [-0.05, 0) is 25.7 Å². The Morgan fingerprint density at radius 1 is 1.10 bits per heavy atom. The molecule has 204 valence electrons. The molecule has 10 nitrogen and oxygen atoms in total. The molecule has 0 amide bonds. The van der Waals surface area contributed by atoms with Crippen LogP contribution in [0.5, 0.6) is 5.88 Å². The number of anilines is 1. The third kappa shape index (κ3) is 4.29. The van der Waals surface area contributed by atoms with Crippen LogP contribution < -0.4 is 15.4 Å². The van der Waals surface area contributed by atoms with E-state index in [1.165, 1.54) is 24.1 Å². The number of fused-ring (bicyclic) bond motifs is 2. The predicted octanol–water partition coefficient (Wildman–Crippen LogP) is 3.75.